The van der Waals surface area contributed by atoms with Gasteiger partial charge < -0.3 is 4.74 Å². The lowest BCUT2D eigenvalue weighted by molar-refractivity contribution is -0.114. The summed E-state index contributed by atoms with van der Waals surface area (Å²) in [5, 5.41) is 11.1. The van der Waals surface area contributed by atoms with Gasteiger partial charge in [0.25, 0.3) is 0 Å². The van der Waals surface area contributed by atoms with Gasteiger partial charge in [0.15, 0.2) is 4.34 Å². The second kappa shape index (κ2) is 9.77. The number of ether oxygens (including phenoxy) is 1. The predicted molar refractivity (Wildman–Crippen MR) is 114 cm³/mol. The molecule has 0 bridgehead atoms. The van der Waals surface area contributed by atoms with Crippen molar-refractivity contribution in [2.75, 3.05) is 35.3 Å². The Balaban J connectivity index is 2.11. The van der Waals surface area contributed by atoms with E-state index in [1.165, 1.54) is 36.6 Å². The molecular formula is C16H21ClN4O4S3. The van der Waals surface area contributed by atoms with Gasteiger partial charge in [-0.3, -0.25) is 14.4 Å². The molecule has 154 valence electrons. The molecule has 0 atom stereocenters. The number of carbonyl (C=O) groups is 1. The Kier molecular flexibility index (Phi) is 7.93. The minimum Gasteiger partial charge on any atom is -0.495 e. The number of benzene rings is 1. The molecule has 1 heterocycles. The molecule has 0 unspecified atom stereocenters. The first-order valence-corrected chi connectivity index (χ1v) is 12.2. The number of carbonyl (C=O) groups excluding carboxylic acids is 1. The summed E-state index contributed by atoms with van der Waals surface area (Å²) in [6.07, 6.45) is 1.02. The van der Waals surface area contributed by atoms with Crippen molar-refractivity contribution >= 4 is 61.4 Å². The van der Waals surface area contributed by atoms with Gasteiger partial charge in [-0.05, 0) is 24.1 Å². The van der Waals surface area contributed by atoms with E-state index in [0.29, 0.717) is 16.8 Å². The van der Waals surface area contributed by atoms with Crippen LogP contribution in [0.4, 0.5) is 10.8 Å². The smallest absolute Gasteiger partial charge is 0.246 e. The van der Waals surface area contributed by atoms with Gasteiger partial charge >= 0.3 is 0 Å². The van der Waals surface area contributed by atoms with Crippen LogP contribution in [0.5, 0.6) is 5.75 Å². The summed E-state index contributed by atoms with van der Waals surface area (Å²) in [6.45, 7) is 3.78. The fraction of sp³-hybridized carbons (Fsp3) is 0.438. The molecule has 0 saturated heterocycles. The van der Waals surface area contributed by atoms with E-state index < -0.39 is 22.5 Å². The van der Waals surface area contributed by atoms with E-state index in [1.807, 2.05) is 0 Å². The Morgan fingerprint density at radius 1 is 1.39 bits per heavy atom. The summed E-state index contributed by atoms with van der Waals surface area (Å²) < 4.78 is 31.1. The average Bonchev–Trinajstić information content (AvgIpc) is 3.04. The molecule has 0 aliphatic heterocycles. The van der Waals surface area contributed by atoms with Gasteiger partial charge in [-0.15, -0.1) is 10.2 Å². The fourth-order valence-electron chi connectivity index (χ4n) is 2.06. The maximum absolute atomic E-state index is 12.4. The van der Waals surface area contributed by atoms with Crippen LogP contribution in [0.25, 0.3) is 0 Å². The van der Waals surface area contributed by atoms with Crippen LogP contribution in [0.2, 0.25) is 5.02 Å². The molecule has 0 aliphatic rings. The van der Waals surface area contributed by atoms with E-state index in [1.54, 1.807) is 11.8 Å². The number of nitrogens with zero attached hydrogens (tertiary/aromatic N) is 3. The van der Waals surface area contributed by atoms with E-state index >= 15 is 0 Å². The van der Waals surface area contributed by atoms with E-state index in [0.717, 1.165) is 20.7 Å². The van der Waals surface area contributed by atoms with Gasteiger partial charge in [0.1, 0.15) is 12.3 Å². The first kappa shape index (κ1) is 22.7. The molecule has 0 radical (unpaired) electrons. The van der Waals surface area contributed by atoms with Gasteiger partial charge in [0.05, 0.1) is 24.1 Å². The van der Waals surface area contributed by atoms with Crippen LogP contribution >= 0.6 is 34.7 Å². The van der Waals surface area contributed by atoms with Crippen molar-refractivity contribution in [1.82, 2.24) is 10.2 Å². The lowest BCUT2D eigenvalue weighted by Crippen LogP contribution is -2.37. The minimum atomic E-state index is -3.72. The van der Waals surface area contributed by atoms with Gasteiger partial charge in [-0.2, -0.15) is 0 Å². The second-order valence-electron chi connectivity index (χ2n) is 6.21. The van der Waals surface area contributed by atoms with Crippen LogP contribution in [-0.4, -0.2) is 50.2 Å². The Morgan fingerprint density at radius 2 is 2.11 bits per heavy atom. The molecule has 1 aromatic heterocycles. The maximum Gasteiger partial charge on any atom is 0.246 e. The number of amides is 1. The third-order valence-electron chi connectivity index (χ3n) is 3.30. The zero-order valence-electron chi connectivity index (χ0n) is 15.8. The zero-order valence-corrected chi connectivity index (χ0v) is 19.0. The molecule has 8 nitrogen and oxygen atoms in total. The first-order chi connectivity index (χ1) is 13.1. The SMILES string of the molecule is COc1ccc(N(CC(=O)Nc2nnc(SCC(C)C)s2)S(C)(=O)=O)cc1Cl. The summed E-state index contributed by atoms with van der Waals surface area (Å²) in [5.41, 5.74) is 0.258. The largest absolute Gasteiger partial charge is 0.495 e. The Labute approximate surface area is 177 Å². The van der Waals surface area contributed by atoms with E-state index in [4.69, 9.17) is 16.3 Å². The van der Waals surface area contributed by atoms with Crippen molar-refractivity contribution in [3.63, 3.8) is 0 Å². The molecule has 12 heteroatoms. The van der Waals surface area contributed by atoms with Crippen LogP contribution in [0.3, 0.4) is 0 Å². The van der Waals surface area contributed by atoms with Crippen LogP contribution < -0.4 is 14.4 Å². The van der Waals surface area contributed by atoms with Gasteiger partial charge in [-0.25, -0.2) is 8.42 Å². The number of anilines is 2. The molecule has 2 aromatic rings. The molecule has 28 heavy (non-hydrogen) atoms. The van der Waals surface area contributed by atoms with Gasteiger partial charge in [0.2, 0.25) is 21.1 Å². The van der Waals surface area contributed by atoms with Crippen molar-refractivity contribution in [2.24, 2.45) is 5.92 Å². The molecule has 0 spiro atoms. The highest BCUT2D eigenvalue weighted by Gasteiger charge is 2.22. The standard InChI is InChI=1S/C16H21ClN4O4S3/c1-10(2)9-26-16-20-19-15(27-16)18-14(22)8-21(28(4,23)24)11-5-6-13(25-3)12(17)7-11/h5-7,10H,8-9H2,1-4H3,(H,18,19,22). The summed E-state index contributed by atoms with van der Waals surface area (Å²) in [6, 6.07) is 4.49. The highest BCUT2D eigenvalue weighted by atomic mass is 35.5. The zero-order chi connectivity index (χ0) is 20.9. The molecule has 2 rings (SSSR count). The molecule has 0 fully saturated rings. The summed E-state index contributed by atoms with van der Waals surface area (Å²) in [4.78, 5) is 12.4. The minimum absolute atomic E-state index is 0.241. The Hall–Kier alpha value is -1.56. The topological polar surface area (TPSA) is 101 Å². The Bertz CT molecular complexity index is 934. The highest BCUT2D eigenvalue weighted by molar-refractivity contribution is 8.01. The number of thioether (sulfide) groups is 1. The molecule has 0 aliphatic carbocycles. The molecule has 1 N–H and O–H groups in total. The fourth-order valence-corrected chi connectivity index (χ4v) is 4.90. The third-order valence-corrected chi connectivity index (χ3v) is 7.14. The number of nitrogens with one attached hydrogen (secondary N) is 1. The second-order valence-corrected chi connectivity index (χ2v) is 10.8. The Morgan fingerprint density at radius 3 is 2.68 bits per heavy atom. The summed E-state index contributed by atoms with van der Waals surface area (Å²) in [7, 11) is -2.26. The monoisotopic (exact) mass is 464 g/mol. The van der Waals surface area contributed by atoms with Crippen LogP contribution in [-0.2, 0) is 14.8 Å². The maximum atomic E-state index is 12.4. The number of hydrogen-bond acceptors (Lipinski definition) is 8. The number of sulfonamides is 1. The molecule has 1 aromatic carbocycles. The number of halogens is 1. The molecule has 0 saturated carbocycles. The first-order valence-electron chi connectivity index (χ1n) is 8.17. The summed E-state index contributed by atoms with van der Waals surface area (Å²) >= 11 is 8.88. The highest BCUT2D eigenvalue weighted by Crippen LogP contribution is 2.30. The predicted octanol–water partition coefficient (Wildman–Crippen LogP) is 3.35. The quantitative estimate of drug-likeness (QED) is 0.448. The van der Waals surface area contributed by atoms with Crippen LogP contribution in [0, 0.1) is 5.92 Å². The van der Waals surface area contributed by atoms with Crippen LogP contribution in [0.1, 0.15) is 13.8 Å². The van der Waals surface area contributed by atoms with E-state index in [9.17, 15) is 13.2 Å². The molecule has 1 amide bonds. The van der Waals surface area contributed by atoms with Crippen LogP contribution in [0.15, 0.2) is 22.5 Å². The van der Waals surface area contributed by atoms with Crippen molar-refractivity contribution in [3.8, 4) is 5.75 Å². The van der Waals surface area contributed by atoms with Crippen molar-refractivity contribution in [2.45, 2.75) is 18.2 Å². The molecular weight excluding hydrogens is 444 g/mol. The van der Waals surface area contributed by atoms with Crippen molar-refractivity contribution < 1.29 is 17.9 Å². The normalized spacial score (nSPS) is 11.5. The van der Waals surface area contributed by atoms with E-state index in [-0.39, 0.29) is 10.7 Å². The lowest BCUT2D eigenvalue weighted by Gasteiger charge is -2.22. The van der Waals surface area contributed by atoms with Crippen molar-refractivity contribution in [1.29, 1.82) is 0 Å². The van der Waals surface area contributed by atoms with Gasteiger partial charge in [-0.1, -0.05) is 48.5 Å². The average molecular weight is 465 g/mol. The number of rotatable bonds is 9. The number of aromatic nitrogens is 2. The third kappa shape index (κ3) is 6.50. The summed E-state index contributed by atoms with van der Waals surface area (Å²) in [5.74, 6) is 1.27. The number of methoxy groups -OCH3 is 1. The van der Waals surface area contributed by atoms with E-state index in [2.05, 4.69) is 29.4 Å². The van der Waals surface area contributed by atoms with Crippen molar-refractivity contribution in [3.05, 3.63) is 23.2 Å². The lowest BCUT2D eigenvalue weighted by atomic mass is 10.3. The number of hydrogen-bond donors (Lipinski definition) is 1. The van der Waals surface area contributed by atoms with Gasteiger partial charge in [0, 0.05) is 5.75 Å².